The van der Waals surface area contributed by atoms with E-state index in [1.165, 1.54) is 0 Å². The summed E-state index contributed by atoms with van der Waals surface area (Å²) < 4.78 is 24.2. The van der Waals surface area contributed by atoms with Crippen LogP contribution in [0.15, 0.2) is 54.9 Å². The maximum absolute atomic E-state index is 14.3. The van der Waals surface area contributed by atoms with E-state index in [1.807, 2.05) is 45.9 Å². The summed E-state index contributed by atoms with van der Waals surface area (Å²) in [6, 6.07) is 14.8. The first-order valence-electron chi connectivity index (χ1n) is 16.2. The summed E-state index contributed by atoms with van der Waals surface area (Å²) in [5, 5.41) is 15.1. The molecule has 0 bridgehead atoms. The standard InChI is InChI=1S/C35H46N4O7/c1-4-45-31(40)21-25-13-14-28(29(20-25)44-3)46-19-15-27-22-36-17-18-38(27)34(41)32-33(26-10-6-5-7-11-26)39(24-37-32)30-12-8-9-16-35(30,42)23-43-2/h5-7,10-11,13-14,20,24,27,30,36,42H,4,8-9,12,15-19,21-23H2,1-3H3/t27-,30-,35-/m1/s1. The Labute approximate surface area is 270 Å². The zero-order valence-corrected chi connectivity index (χ0v) is 27.1. The fraction of sp³-hybridized carbons (Fsp3) is 0.514. The van der Waals surface area contributed by atoms with E-state index in [2.05, 4.69) is 5.32 Å². The van der Waals surface area contributed by atoms with E-state index in [0.29, 0.717) is 68.6 Å². The van der Waals surface area contributed by atoms with Crippen molar-refractivity contribution in [3.8, 4) is 22.8 Å². The van der Waals surface area contributed by atoms with Gasteiger partial charge in [0.15, 0.2) is 17.2 Å². The van der Waals surface area contributed by atoms with Gasteiger partial charge in [0, 0.05) is 44.8 Å². The number of hydrogen-bond acceptors (Lipinski definition) is 9. The van der Waals surface area contributed by atoms with E-state index in [-0.39, 0.29) is 37.0 Å². The Bertz CT molecular complexity index is 1460. The predicted octanol–water partition coefficient (Wildman–Crippen LogP) is 4.04. The van der Waals surface area contributed by atoms with Crippen molar-refractivity contribution in [3.05, 3.63) is 66.1 Å². The number of ether oxygens (including phenoxy) is 4. The van der Waals surface area contributed by atoms with E-state index >= 15 is 0 Å². The molecule has 248 valence electrons. The number of methoxy groups -OCH3 is 2. The van der Waals surface area contributed by atoms with E-state index in [0.717, 1.165) is 30.4 Å². The highest BCUT2D eigenvalue weighted by atomic mass is 16.5. The van der Waals surface area contributed by atoms with Crippen molar-refractivity contribution >= 4 is 11.9 Å². The van der Waals surface area contributed by atoms with Crippen LogP contribution >= 0.6 is 0 Å². The number of nitrogens with zero attached hydrogens (tertiary/aromatic N) is 3. The number of esters is 1. The maximum atomic E-state index is 14.3. The quantitative estimate of drug-likeness (QED) is 0.268. The fourth-order valence-corrected chi connectivity index (χ4v) is 6.70. The Morgan fingerprint density at radius 2 is 1.93 bits per heavy atom. The molecule has 46 heavy (non-hydrogen) atoms. The molecule has 11 heteroatoms. The topological polar surface area (TPSA) is 124 Å². The van der Waals surface area contributed by atoms with Crippen LogP contribution in [0.25, 0.3) is 11.3 Å². The van der Waals surface area contributed by atoms with Crippen LogP contribution in [-0.2, 0) is 20.7 Å². The Hall–Kier alpha value is -3.93. The first-order valence-corrected chi connectivity index (χ1v) is 16.2. The van der Waals surface area contributed by atoms with Crippen LogP contribution in [0.5, 0.6) is 11.5 Å². The summed E-state index contributed by atoms with van der Waals surface area (Å²) in [7, 11) is 3.17. The van der Waals surface area contributed by atoms with Crippen molar-refractivity contribution in [1.82, 2.24) is 19.8 Å². The lowest BCUT2D eigenvalue weighted by molar-refractivity contribution is -0.142. The number of benzene rings is 2. The largest absolute Gasteiger partial charge is 0.493 e. The summed E-state index contributed by atoms with van der Waals surface area (Å²) in [5.74, 6) is 0.664. The van der Waals surface area contributed by atoms with Crippen LogP contribution in [0, 0.1) is 0 Å². The average molecular weight is 635 g/mol. The molecule has 2 aromatic carbocycles. The number of carbonyl (C=O) groups is 2. The van der Waals surface area contributed by atoms with Crippen LogP contribution in [0.4, 0.5) is 0 Å². The second-order valence-corrected chi connectivity index (χ2v) is 12.0. The molecule has 0 spiro atoms. The third kappa shape index (κ3) is 7.54. The highest BCUT2D eigenvalue weighted by Crippen LogP contribution is 2.41. The number of aromatic nitrogens is 2. The van der Waals surface area contributed by atoms with E-state index in [9.17, 15) is 14.7 Å². The number of hydrogen-bond donors (Lipinski definition) is 2. The number of nitrogens with one attached hydrogen (secondary N) is 1. The number of rotatable bonds is 13. The van der Waals surface area contributed by atoms with Gasteiger partial charge in [-0.3, -0.25) is 9.59 Å². The molecular weight excluding hydrogens is 588 g/mol. The van der Waals surface area contributed by atoms with E-state index < -0.39 is 5.60 Å². The van der Waals surface area contributed by atoms with E-state index in [4.69, 9.17) is 23.9 Å². The summed E-state index contributed by atoms with van der Waals surface area (Å²) in [6.45, 7) is 4.52. The van der Waals surface area contributed by atoms with Gasteiger partial charge in [0.25, 0.3) is 5.91 Å². The number of imidazole rings is 1. The van der Waals surface area contributed by atoms with Crippen molar-refractivity contribution in [2.75, 3.05) is 53.7 Å². The van der Waals surface area contributed by atoms with Crippen molar-refractivity contribution in [1.29, 1.82) is 0 Å². The predicted molar refractivity (Wildman–Crippen MR) is 173 cm³/mol. The maximum Gasteiger partial charge on any atom is 0.310 e. The van der Waals surface area contributed by atoms with Crippen LogP contribution < -0.4 is 14.8 Å². The molecule has 2 aliphatic rings. The summed E-state index contributed by atoms with van der Waals surface area (Å²) >= 11 is 0. The molecule has 0 radical (unpaired) electrons. The molecule has 1 aromatic heterocycles. The molecule has 2 heterocycles. The molecule has 1 saturated carbocycles. The molecule has 1 amide bonds. The fourth-order valence-electron chi connectivity index (χ4n) is 6.70. The van der Waals surface area contributed by atoms with Crippen molar-refractivity contribution in [2.24, 2.45) is 0 Å². The molecule has 11 nitrogen and oxygen atoms in total. The van der Waals surface area contributed by atoms with Gasteiger partial charge in [-0.2, -0.15) is 0 Å². The van der Waals surface area contributed by atoms with Gasteiger partial charge in [0.1, 0.15) is 5.60 Å². The Morgan fingerprint density at radius 3 is 2.70 bits per heavy atom. The summed E-state index contributed by atoms with van der Waals surface area (Å²) in [5.41, 5.74) is 1.70. The molecule has 3 aromatic rings. The molecule has 0 unspecified atom stereocenters. The van der Waals surface area contributed by atoms with Crippen molar-refractivity contribution in [3.63, 3.8) is 0 Å². The Kier molecular flexibility index (Phi) is 11.3. The first-order chi connectivity index (χ1) is 22.4. The SMILES string of the molecule is CCOC(=O)Cc1ccc(OCC[C@@H]2CNCCN2C(=O)c2ncn([C@@H]3CCCC[C@@]3(O)COC)c2-c2ccccc2)c(OC)c1. The average Bonchev–Trinajstić information content (AvgIpc) is 3.50. The molecule has 1 aliphatic heterocycles. The van der Waals surface area contributed by atoms with Gasteiger partial charge in [0.2, 0.25) is 0 Å². The van der Waals surface area contributed by atoms with Gasteiger partial charge in [0.05, 0.1) is 51.4 Å². The number of carbonyl (C=O) groups excluding carboxylic acids is 2. The first kappa shape index (κ1) is 33.4. The van der Waals surface area contributed by atoms with Gasteiger partial charge < -0.3 is 38.8 Å². The van der Waals surface area contributed by atoms with Crippen molar-refractivity contribution < 1.29 is 33.6 Å². The minimum Gasteiger partial charge on any atom is -0.493 e. The van der Waals surface area contributed by atoms with Crippen molar-refractivity contribution in [2.45, 2.75) is 63.1 Å². The molecule has 5 rings (SSSR count). The third-order valence-corrected chi connectivity index (χ3v) is 8.93. The second kappa shape index (κ2) is 15.6. The molecule has 2 fully saturated rings. The van der Waals surface area contributed by atoms with Gasteiger partial charge in [-0.1, -0.05) is 49.2 Å². The monoisotopic (exact) mass is 634 g/mol. The third-order valence-electron chi connectivity index (χ3n) is 8.93. The smallest absolute Gasteiger partial charge is 0.310 e. The minimum atomic E-state index is -1.05. The highest BCUT2D eigenvalue weighted by Gasteiger charge is 2.42. The highest BCUT2D eigenvalue weighted by molar-refractivity contribution is 5.98. The van der Waals surface area contributed by atoms with Gasteiger partial charge >= 0.3 is 5.97 Å². The number of aliphatic hydroxyl groups is 1. The van der Waals surface area contributed by atoms with Gasteiger partial charge in [-0.05, 0) is 37.5 Å². The summed E-state index contributed by atoms with van der Waals surface area (Å²) in [4.78, 5) is 32.8. The molecule has 3 atom stereocenters. The normalized spacial score (nSPS) is 21.5. The number of piperazine rings is 1. The van der Waals surface area contributed by atoms with Crippen LogP contribution in [0.2, 0.25) is 0 Å². The molecule has 1 aliphatic carbocycles. The van der Waals surface area contributed by atoms with Gasteiger partial charge in [-0.25, -0.2) is 4.98 Å². The van der Waals surface area contributed by atoms with E-state index in [1.54, 1.807) is 39.6 Å². The zero-order valence-electron chi connectivity index (χ0n) is 27.1. The molecule has 1 saturated heterocycles. The second-order valence-electron chi connectivity index (χ2n) is 12.0. The molecular formula is C35H46N4O7. The minimum absolute atomic E-state index is 0.121. The zero-order chi connectivity index (χ0) is 32.5. The lowest BCUT2D eigenvalue weighted by atomic mass is 9.80. The Morgan fingerprint density at radius 1 is 1.11 bits per heavy atom. The molecule has 2 N–H and O–H groups in total. The van der Waals surface area contributed by atoms with Gasteiger partial charge in [-0.15, -0.1) is 0 Å². The lowest BCUT2D eigenvalue weighted by Gasteiger charge is -2.41. The van der Waals surface area contributed by atoms with Crippen LogP contribution in [-0.4, -0.2) is 96.8 Å². The Balaban J connectivity index is 1.35. The lowest BCUT2D eigenvalue weighted by Crippen LogP contribution is -2.54. The number of amides is 1. The van der Waals surface area contributed by atoms with Crippen LogP contribution in [0.3, 0.4) is 0 Å². The van der Waals surface area contributed by atoms with Crippen LogP contribution in [0.1, 0.15) is 61.1 Å². The summed E-state index contributed by atoms with van der Waals surface area (Å²) in [6.07, 6.45) is 5.75.